The molecule has 5 nitrogen and oxygen atoms in total. The number of carbonyl (C=O) groups excluding carboxylic acids is 1. The summed E-state index contributed by atoms with van der Waals surface area (Å²) in [5.41, 5.74) is 0.240. The molecule has 2 spiro atoms. The zero-order valence-corrected chi connectivity index (χ0v) is 14.2. The molecular formula is C18H30N2O3. The number of carbonyl (C=O) groups is 1. The van der Waals surface area contributed by atoms with Crippen LogP contribution in [0.15, 0.2) is 0 Å². The van der Waals surface area contributed by atoms with E-state index in [2.05, 4.69) is 10.2 Å². The molecule has 4 fully saturated rings. The lowest BCUT2D eigenvalue weighted by Gasteiger charge is -2.56. The summed E-state index contributed by atoms with van der Waals surface area (Å²) in [6, 6.07) is 0. The maximum Gasteiger partial charge on any atom is 0.226 e. The number of likely N-dealkylation sites (tertiary alicyclic amines) is 1. The zero-order valence-electron chi connectivity index (χ0n) is 14.2. The van der Waals surface area contributed by atoms with Crippen molar-refractivity contribution in [3.05, 3.63) is 0 Å². The molecule has 130 valence electrons. The van der Waals surface area contributed by atoms with Crippen molar-refractivity contribution in [2.24, 2.45) is 16.7 Å². The average molecular weight is 322 g/mol. The monoisotopic (exact) mass is 322 g/mol. The van der Waals surface area contributed by atoms with Crippen LogP contribution in [-0.4, -0.2) is 60.9 Å². The number of hydrogen-bond donors (Lipinski definition) is 2. The van der Waals surface area contributed by atoms with Crippen LogP contribution in [0.5, 0.6) is 0 Å². The van der Waals surface area contributed by atoms with Gasteiger partial charge in [0.15, 0.2) is 0 Å². The SMILES string of the molecule is CCOC1CC(O)C12CCN(C(=O)C1CC13CCNCC3)CC2. The third-order valence-corrected chi connectivity index (χ3v) is 7.20. The standard InChI is InChI=1S/C18H30N2O3/c1-2-23-15-11-14(21)18(15)5-9-20(10-6-18)16(22)13-12-17(13)3-7-19-8-4-17/h13-15,19,21H,2-12H2,1H3. The van der Waals surface area contributed by atoms with Gasteiger partial charge in [0.05, 0.1) is 12.2 Å². The van der Waals surface area contributed by atoms with Crippen LogP contribution < -0.4 is 5.32 Å². The number of amides is 1. The van der Waals surface area contributed by atoms with Crippen molar-refractivity contribution in [2.45, 2.75) is 57.7 Å². The smallest absolute Gasteiger partial charge is 0.226 e. The maximum absolute atomic E-state index is 12.9. The van der Waals surface area contributed by atoms with Gasteiger partial charge in [0.25, 0.3) is 0 Å². The molecule has 2 saturated carbocycles. The molecule has 4 rings (SSSR count). The van der Waals surface area contributed by atoms with E-state index in [9.17, 15) is 9.90 Å². The van der Waals surface area contributed by atoms with Gasteiger partial charge in [-0.2, -0.15) is 0 Å². The lowest BCUT2D eigenvalue weighted by molar-refractivity contribution is -0.210. The van der Waals surface area contributed by atoms with Crippen LogP contribution in [0.2, 0.25) is 0 Å². The van der Waals surface area contributed by atoms with E-state index in [-0.39, 0.29) is 23.5 Å². The van der Waals surface area contributed by atoms with E-state index in [0.29, 0.717) is 17.9 Å². The first-order chi connectivity index (χ1) is 11.1. The van der Waals surface area contributed by atoms with Gasteiger partial charge in [-0.15, -0.1) is 0 Å². The lowest BCUT2D eigenvalue weighted by atomic mass is 9.58. The molecule has 2 aliphatic heterocycles. The Hall–Kier alpha value is -0.650. The molecule has 0 aromatic heterocycles. The first-order valence-corrected chi connectivity index (χ1v) is 9.40. The van der Waals surface area contributed by atoms with E-state index in [4.69, 9.17) is 4.74 Å². The van der Waals surface area contributed by atoms with Crippen molar-refractivity contribution >= 4 is 5.91 Å². The molecule has 3 unspecified atom stereocenters. The summed E-state index contributed by atoms with van der Waals surface area (Å²) < 4.78 is 5.82. The van der Waals surface area contributed by atoms with Crippen molar-refractivity contribution in [1.82, 2.24) is 10.2 Å². The molecule has 0 aromatic carbocycles. The number of rotatable bonds is 3. The molecule has 1 amide bonds. The fraction of sp³-hybridized carbons (Fsp3) is 0.944. The topological polar surface area (TPSA) is 61.8 Å². The lowest BCUT2D eigenvalue weighted by Crippen LogP contribution is -2.62. The fourth-order valence-corrected chi connectivity index (χ4v) is 5.35. The Kier molecular flexibility index (Phi) is 3.94. The van der Waals surface area contributed by atoms with Gasteiger partial charge in [0.1, 0.15) is 0 Å². The third kappa shape index (κ3) is 2.43. The van der Waals surface area contributed by atoms with E-state index in [0.717, 1.165) is 64.7 Å². The highest BCUT2D eigenvalue weighted by Gasteiger charge is 2.60. The van der Waals surface area contributed by atoms with E-state index in [1.165, 1.54) is 0 Å². The highest BCUT2D eigenvalue weighted by atomic mass is 16.5. The second-order valence-corrected chi connectivity index (χ2v) is 8.12. The summed E-state index contributed by atoms with van der Waals surface area (Å²) >= 11 is 0. The Morgan fingerprint density at radius 3 is 2.57 bits per heavy atom. The van der Waals surface area contributed by atoms with Crippen molar-refractivity contribution in [2.75, 3.05) is 32.8 Å². The van der Waals surface area contributed by atoms with Crippen LogP contribution in [0.1, 0.15) is 45.4 Å². The van der Waals surface area contributed by atoms with Crippen LogP contribution in [0.25, 0.3) is 0 Å². The number of aliphatic hydroxyl groups excluding tert-OH is 1. The molecule has 0 radical (unpaired) electrons. The summed E-state index contributed by atoms with van der Waals surface area (Å²) in [5.74, 6) is 0.649. The quantitative estimate of drug-likeness (QED) is 0.818. The molecule has 23 heavy (non-hydrogen) atoms. The molecule has 4 aliphatic rings. The van der Waals surface area contributed by atoms with E-state index >= 15 is 0 Å². The van der Waals surface area contributed by atoms with Gasteiger partial charge >= 0.3 is 0 Å². The Balaban J connectivity index is 1.34. The van der Waals surface area contributed by atoms with Crippen LogP contribution in [0, 0.1) is 16.7 Å². The summed E-state index contributed by atoms with van der Waals surface area (Å²) in [6.45, 7) is 6.45. The normalized spacial score (nSPS) is 37.7. The first kappa shape index (κ1) is 15.9. The number of piperidine rings is 2. The largest absolute Gasteiger partial charge is 0.392 e. The van der Waals surface area contributed by atoms with Crippen molar-refractivity contribution in [1.29, 1.82) is 0 Å². The molecule has 0 bridgehead atoms. The zero-order chi connectivity index (χ0) is 16.1. The van der Waals surface area contributed by atoms with Crippen molar-refractivity contribution in [3.63, 3.8) is 0 Å². The van der Waals surface area contributed by atoms with Crippen LogP contribution in [0.4, 0.5) is 0 Å². The van der Waals surface area contributed by atoms with Crippen molar-refractivity contribution in [3.8, 4) is 0 Å². The van der Waals surface area contributed by atoms with Gasteiger partial charge in [-0.3, -0.25) is 4.79 Å². The predicted octanol–water partition coefficient (Wildman–Crippen LogP) is 1.15. The van der Waals surface area contributed by atoms with Crippen molar-refractivity contribution < 1.29 is 14.6 Å². The number of hydrogen-bond acceptors (Lipinski definition) is 4. The molecule has 5 heteroatoms. The molecule has 2 N–H and O–H groups in total. The highest BCUT2D eigenvalue weighted by Crippen LogP contribution is 2.59. The minimum atomic E-state index is -0.243. The minimum Gasteiger partial charge on any atom is -0.392 e. The summed E-state index contributed by atoms with van der Waals surface area (Å²) in [4.78, 5) is 14.9. The summed E-state index contributed by atoms with van der Waals surface area (Å²) in [7, 11) is 0. The molecule has 3 atom stereocenters. The van der Waals surface area contributed by atoms with Crippen LogP contribution >= 0.6 is 0 Å². The van der Waals surface area contributed by atoms with Gasteiger partial charge in [0, 0.05) is 37.5 Å². The van der Waals surface area contributed by atoms with E-state index < -0.39 is 0 Å². The second-order valence-electron chi connectivity index (χ2n) is 8.12. The Morgan fingerprint density at radius 2 is 1.96 bits per heavy atom. The fourth-order valence-electron chi connectivity index (χ4n) is 5.35. The minimum absolute atomic E-state index is 0.0806. The molecule has 2 heterocycles. The first-order valence-electron chi connectivity index (χ1n) is 9.40. The Morgan fingerprint density at radius 1 is 1.26 bits per heavy atom. The van der Waals surface area contributed by atoms with Gasteiger partial charge in [-0.1, -0.05) is 0 Å². The number of nitrogens with one attached hydrogen (secondary N) is 1. The van der Waals surface area contributed by atoms with Gasteiger partial charge in [0.2, 0.25) is 5.91 Å². The number of nitrogens with zero attached hydrogens (tertiary/aromatic N) is 1. The van der Waals surface area contributed by atoms with Gasteiger partial charge < -0.3 is 20.1 Å². The summed E-state index contributed by atoms with van der Waals surface area (Å²) in [5, 5.41) is 13.7. The maximum atomic E-state index is 12.9. The molecular weight excluding hydrogens is 292 g/mol. The highest BCUT2D eigenvalue weighted by molar-refractivity contribution is 5.83. The van der Waals surface area contributed by atoms with Crippen LogP contribution in [-0.2, 0) is 9.53 Å². The Bertz CT molecular complexity index is 465. The molecule has 2 aliphatic carbocycles. The second kappa shape index (κ2) is 5.71. The van der Waals surface area contributed by atoms with Crippen LogP contribution in [0.3, 0.4) is 0 Å². The van der Waals surface area contributed by atoms with E-state index in [1.54, 1.807) is 0 Å². The average Bonchev–Trinajstić information content (AvgIpc) is 3.28. The molecule has 2 saturated heterocycles. The van der Waals surface area contributed by atoms with Gasteiger partial charge in [-0.25, -0.2) is 0 Å². The number of ether oxygens (including phenoxy) is 1. The third-order valence-electron chi connectivity index (χ3n) is 7.20. The van der Waals surface area contributed by atoms with E-state index in [1.807, 2.05) is 6.92 Å². The number of aliphatic hydroxyl groups is 1. The molecule has 0 aromatic rings. The summed E-state index contributed by atoms with van der Waals surface area (Å²) in [6.07, 6.45) is 5.92. The van der Waals surface area contributed by atoms with Gasteiger partial charge in [-0.05, 0) is 57.5 Å². The predicted molar refractivity (Wildman–Crippen MR) is 86.9 cm³/mol. The Labute approximate surface area is 138 Å².